The predicted molar refractivity (Wildman–Crippen MR) is 123 cm³/mol. The number of imidazole rings is 1. The third-order valence-corrected chi connectivity index (χ3v) is 5.42. The Morgan fingerprint density at radius 3 is 2.25 bits per heavy atom. The van der Waals surface area contributed by atoms with Gasteiger partial charge in [-0.05, 0) is 54.6 Å². The number of ether oxygens (including phenoxy) is 4. The zero-order valence-electron chi connectivity index (χ0n) is 20.5. The molecule has 0 unspecified atom stereocenters. The summed E-state index contributed by atoms with van der Waals surface area (Å²) >= 11 is 0. The van der Waals surface area contributed by atoms with Gasteiger partial charge in [0.2, 0.25) is 20.9 Å². The maximum absolute atomic E-state index is 6.52. The van der Waals surface area contributed by atoms with E-state index in [-0.39, 0.29) is 18.2 Å². The van der Waals surface area contributed by atoms with Crippen molar-refractivity contribution in [3.8, 4) is 5.88 Å². The highest BCUT2D eigenvalue weighted by molar-refractivity contribution is 6.48. The Hall–Kier alpha value is -1.79. The fraction of sp³-hybridized carbons (Fsp3) is 0.762. The lowest BCUT2D eigenvalue weighted by Crippen LogP contribution is -2.45. The van der Waals surface area contributed by atoms with Gasteiger partial charge in [-0.3, -0.25) is 4.57 Å². The molecule has 3 rings (SSSR count). The number of hydrogen-bond acceptors (Lipinski definition) is 9. The van der Waals surface area contributed by atoms with Crippen LogP contribution in [0.4, 0.5) is 5.95 Å². The van der Waals surface area contributed by atoms with E-state index in [1.165, 1.54) is 7.11 Å². The fourth-order valence-electron chi connectivity index (χ4n) is 3.63. The van der Waals surface area contributed by atoms with Gasteiger partial charge in [0.25, 0.3) is 0 Å². The van der Waals surface area contributed by atoms with Crippen LogP contribution in [-0.2, 0) is 18.6 Å². The fourth-order valence-corrected chi connectivity index (χ4v) is 4.13. The second-order valence-corrected chi connectivity index (χ2v) is 12.2. The molecule has 179 valence electrons. The number of anilines is 1. The Kier molecular flexibility index (Phi) is 7.16. The number of aromatic nitrogens is 4. The van der Waals surface area contributed by atoms with Crippen molar-refractivity contribution in [3.05, 3.63) is 6.33 Å². The molecule has 0 bridgehead atoms. The van der Waals surface area contributed by atoms with Crippen molar-refractivity contribution >= 4 is 26.2 Å². The normalized spacial score (nSPS) is 24.6. The molecule has 1 aliphatic rings. The SMILES string of the molecule is COc1nc(N)nc2c1ncn2[C@@H]1O[C@H](CO[Si](C)C)[C@@H](OC(C)(C)C)[C@@H]1OC(C)(C)C. The Morgan fingerprint density at radius 1 is 1.06 bits per heavy atom. The van der Waals surface area contributed by atoms with Crippen molar-refractivity contribution < 1.29 is 23.4 Å². The van der Waals surface area contributed by atoms with Crippen LogP contribution in [0, 0.1) is 0 Å². The third-order valence-electron chi connectivity index (χ3n) is 4.68. The summed E-state index contributed by atoms with van der Waals surface area (Å²) < 4.78 is 32.7. The standard InChI is InChI=1S/C21H36N5O5Si/c1-20(2,3)30-14-12(10-28-32(8)9)29-18(15(14)31-21(4,5)6)26-11-23-13-16(26)24-19(22)25-17(13)27-7/h11-12,14-15,18H,10H2,1-9H3,(H2,22,24,25)/t12-,14-,15+,18-/m1/s1. The van der Waals surface area contributed by atoms with Crippen LogP contribution in [0.5, 0.6) is 5.88 Å². The van der Waals surface area contributed by atoms with Crippen molar-refractivity contribution in [2.24, 2.45) is 0 Å². The first kappa shape index (κ1) is 24.8. The number of nitrogens with zero attached hydrogens (tertiary/aromatic N) is 4. The van der Waals surface area contributed by atoms with Gasteiger partial charge in [0.05, 0.1) is 31.2 Å². The smallest absolute Gasteiger partial charge is 0.246 e. The summed E-state index contributed by atoms with van der Waals surface area (Å²) in [5, 5.41) is 0. The third kappa shape index (κ3) is 5.76. The summed E-state index contributed by atoms with van der Waals surface area (Å²) in [5.41, 5.74) is 6.09. The van der Waals surface area contributed by atoms with Crippen LogP contribution in [0.25, 0.3) is 11.2 Å². The van der Waals surface area contributed by atoms with E-state index in [1.807, 2.05) is 46.1 Å². The van der Waals surface area contributed by atoms with Crippen LogP contribution in [0.15, 0.2) is 6.33 Å². The number of nitrogen functional groups attached to an aromatic ring is 1. The van der Waals surface area contributed by atoms with Crippen LogP contribution in [0.3, 0.4) is 0 Å². The van der Waals surface area contributed by atoms with Crippen LogP contribution in [-0.4, -0.2) is 71.8 Å². The first-order valence-corrected chi connectivity index (χ1v) is 13.2. The maximum Gasteiger partial charge on any atom is 0.246 e. The van der Waals surface area contributed by atoms with E-state index in [4.69, 9.17) is 29.1 Å². The average Bonchev–Trinajstić information content (AvgIpc) is 3.19. The lowest BCUT2D eigenvalue weighted by atomic mass is 10.1. The van der Waals surface area contributed by atoms with Gasteiger partial charge in [0.1, 0.15) is 18.3 Å². The second kappa shape index (κ2) is 9.22. The number of methoxy groups -OCH3 is 1. The molecule has 2 aromatic rings. The summed E-state index contributed by atoms with van der Waals surface area (Å²) in [6, 6.07) is 0. The van der Waals surface area contributed by atoms with E-state index in [2.05, 4.69) is 28.0 Å². The zero-order valence-corrected chi connectivity index (χ0v) is 21.5. The van der Waals surface area contributed by atoms with E-state index < -0.39 is 32.6 Å². The minimum absolute atomic E-state index is 0.0916. The largest absolute Gasteiger partial charge is 0.479 e. The molecule has 1 radical (unpaired) electrons. The van der Waals surface area contributed by atoms with E-state index in [0.29, 0.717) is 23.7 Å². The monoisotopic (exact) mass is 466 g/mol. The second-order valence-electron chi connectivity index (χ2n) is 10.1. The van der Waals surface area contributed by atoms with E-state index in [1.54, 1.807) is 6.33 Å². The molecule has 0 spiro atoms. The van der Waals surface area contributed by atoms with Gasteiger partial charge in [-0.25, -0.2) is 4.98 Å². The van der Waals surface area contributed by atoms with Crippen LogP contribution in [0.2, 0.25) is 13.1 Å². The predicted octanol–water partition coefficient (Wildman–Crippen LogP) is 2.95. The quantitative estimate of drug-likeness (QED) is 0.615. The van der Waals surface area contributed by atoms with Gasteiger partial charge in [-0.15, -0.1) is 0 Å². The average molecular weight is 467 g/mol. The van der Waals surface area contributed by atoms with Gasteiger partial charge in [-0.2, -0.15) is 9.97 Å². The van der Waals surface area contributed by atoms with Gasteiger partial charge >= 0.3 is 0 Å². The van der Waals surface area contributed by atoms with Crippen molar-refractivity contribution in [1.82, 2.24) is 19.5 Å². The topological polar surface area (TPSA) is 116 Å². The lowest BCUT2D eigenvalue weighted by Gasteiger charge is -2.35. The lowest BCUT2D eigenvalue weighted by molar-refractivity contribution is -0.163. The van der Waals surface area contributed by atoms with E-state index in [9.17, 15) is 0 Å². The summed E-state index contributed by atoms with van der Waals surface area (Å²) in [6.45, 7) is 16.7. The van der Waals surface area contributed by atoms with Crippen molar-refractivity contribution in [2.75, 3.05) is 19.5 Å². The molecular weight excluding hydrogens is 430 g/mol. The molecule has 2 N–H and O–H groups in total. The Morgan fingerprint density at radius 2 is 1.69 bits per heavy atom. The number of hydrogen-bond donors (Lipinski definition) is 1. The molecule has 3 heterocycles. The summed E-state index contributed by atoms with van der Waals surface area (Å²) in [5.74, 6) is 0.401. The van der Waals surface area contributed by atoms with Gasteiger partial charge < -0.3 is 29.1 Å². The molecule has 1 aliphatic heterocycles. The number of rotatable bonds is 7. The van der Waals surface area contributed by atoms with Crippen LogP contribution >= 0.6 is 0 Å². The van der Waals surface area contributed by atoms with Crippen molar-refractivity contribution in [3.63, 3.8) is 0 Å². The molecule has 0 amide bonds. The molecule has 4 atom stereocenters. The first-order chi connectivity index (χ1) is 14.8. The number of nitrogens with two attached hydrogens (primary N) is 1. The Bertz CT molecular complexity index is 924. The highest BCUT2D eigenvalue weighted by atomic mass is 28.3. The Balaban J connectivity index is 2.07. The molecule has 32 heavy (non-hydrogen) atoms. The van der Waals surface area contributed by atoms with Crippen molar-refractivity contribution in [1.29, 1.82) is 0 Å². The molecule has 2 aromatic heterocycles. The highest BCUT2D eigenvalue weighted by Crippen LogP contribution is 2.39. The van der Waals surface area contributed by atoms with Crippen molar-refractivity contribution in [2.45, 2.75) is 90.4 Å². The van der Waals surface area contributed by atoms with Crippen LogP contribution < -0.4 is 10.5 Å². The van der Waals surface area contributed by atoms with Gasteiger partial charge in [0, 0.05) is 0 Å². The number of fused-ring (bicyclic) bond motifs is 1. The molecule has 0 aromatic carbocycles. The van der Waals surface area contributed by atoms with Crippen LogP contribution in [0.1, 0.15) is 47.8 Å². The highest BCUT2D eigenvalue weighted by Gasteiger charge is 2.50. The molecular formula is C21H36N5O5Si. The van der Waals surface area contributed by atoms with Gasteiger partial charge in [-0.1, -0.05) is 0 Å². The van der Waals surface area contributed by atoms with Gasteiger partial charge in [0.15, 0.2) is 17.4 Å². The molecule has 11 heteroatoms. The summed E-state index contributed by atoms with van der Waals surface area (Å²) in [4.78, 5) is 13.0. The zero-order chi connectivity index (χ0) is 23.8. The first-order valence-electron chi connectivity index (χ1n) is 10.8. The molecule has 10 nitrogen and oxygen atoms in total. The molecule has 0 aliphatic carbocycles. The minimum Gasteiger partial charge on any atom is -0.479 e. The van der Waals surface area contributed by atoms with E-state index >= 15 is 0 Å². The summed E-state index contributed by atoms with van der Waals surface area (Å²) in [6.07, 6.45) is -0.0310. The molecule has 1 saturated heterocycles. The Labute approximate surface area is 191 Å². The molecule has 0 saturated carbocycles. The molecule has 1 fully saturated rings. The minimum atomic E-state index is -0.908. The van der Waals surface area contributed by atoms with E-state index in [0.717, 1.165) is 0 Å². The summed E-state index contributed by atoms with van der Waals surface area (Å²) in [7, 11) is 0.613. The maximum atomic E-state index is 6.52.